The maximum atomic E-state index is 13.6. The molecule has 0 bridgehead atoms. The van der Waals surface area contributed by atoms with E-state index in [0.717, 1.165) is 0 Å². The minimum Gasteiger partial charge on any atom is -0.391 e. The lowest BCUT2D eigenvalue weighted by atomic mass is 10.1. The number of aromatic nitrogens is 1. The quantitative estimate of drug-likeness (QED) is 0.767. The molecule has 3 N–H and O–H groups in total. The average molecular weight is 335 g/mol. The lowest BCUT2D eigenvalue weighted by Gasteiger charge is -2.13. The molecule has 5 nitrogen and oxygen atoms in total. The van der Waals surface area contributed by atoms with Crippen LogP contribution >= 0.6 is 11.3 Å². The van der Waals surface area contributed by atoms with E-state index in [9.17, 15) is 14.3 Å². The predicted molar refractivity (Wildman–Crippen MR) is 86.0 cm³/mol. The number of hydrogen-bond donors (Lipinski definition) is 3. The Kier molecular flexibility index (Phi) is 5.00. The normalized spacial score (nSPS) is 20.6. The van der Waals surface area contributed by atoms with Crippen LogP contribution in [0.25, 0.3) is 0 Å². The molecule has 1 aliphatic heterocycles. The van der Waals surface area contributed by atoms with Gasteiger partial charge in [0.25, 0.3) is 5.91 Å². The second kappa shape index (κ2) is 7.16. The Morgan fingerprint density at radius 1 is 1.43 bits per heavy atom. The fourth-order valence-electron chi connectivity index (χ4n) is 2.54. The summed E-state index contributed by atoms with van der Waals surface area (Å²) in [5, 5.41) is 17.9. The van der Waals surface area contributed by atoms with Gasteiger partial charge in [0.15, 0.2) is 0 Å². The molecule has 2 heterocycles. The number of benzene rings is 1. The number of nitrogens with one attached hydrogen (secondary N) is 2. The number of aliphatic hydroxyl groups excluding tert-OH is 1. The molecule has 2 unspecified atom stereocenters. The van der Waals surface area contributed by atoms with Gasteiger partial charge in [-0.1, -0.05) is 18.2 Å². The van der Waals surface area contributed by atoms with Gasteiger partial charge in [-0.05, 0) is 11.6 Å². The first-order chi connectivity index (χ1) is 11.1. The molecule has 7 heteroatoms. The number of amides is 1. The highest BCUT2D eigenvalue weighted by Crippen LogP contribution is 2.17. The van der Waals surface area contributed by atoms with Crippen molar-refractivity contribution in [3.05, 3.63) is 51.7 Å². The summed E-state index contributed by atoms with van der Waals surface area (Å²) in [7, 11) is 0. The first-order valence-electron chi connectivity index (χ1n) is 7.48. The number of β-amino-alcohol motifs (C(OH)–C–C–N with tert-alkyl or cyclic N) is 1. The van der Waals surface area contributed by atoms with Crippen molar-refractivity contribution >= 4 is 17.2 Å². The Morgan fingerprint density at radius 2 is 2.26 bits per heavy atom. The number of halogens is 1. The number of thiazole rings is 1. The third kappa shape index (κ3) is 3.93. The standard InChI is InChI=1S/C16H18FN3O2S/c17-12-4-2-1-3-10(12)5-15-20-13(9-23-15)16(22)19-7-11-6-18-8-14(11)21/h1-4,9,11,14,18,21H,5-8H2,(H,19,22). The summed E-state index contributed by atoms with van der Waals surface area (Å²) in [5.41, 5.74) is 0.899. The number of carbonyl (C=O) groups excluding carboxylic acids is 1. The van der Waals surface area contributed by atoms with E-state index in [2.05, 4.69) is 15.6 Å². The molecule has 1 saturated heterocycles. The van der Waals surface area contributed by atoms with Crippen LogP contribution in [0, 0.1) is 11.7 Å². The lowest BCUT2D eigenvalue weighted by molar-refractivity contribution is 0.0922. The minimum absolute atomic E-state index is 0.0236. The van der Waals surface area contributed by atoms with Crippen molar-refractivity contribution in [1.82, 2.24) is 15.6 Å². The zero-order valence-corrected chi connectivity index (χ0v) is 13.3. The van der Waals surface area contributed by atoms with E-state index >= 15 is 0 Å². The van der Waals surface area contributed by atoms with Crippen LogP contribution in [0.1, 0.15) is 21.1 Å². The highest BCUT2D eigenvalue weighted by atomic mass is 32.1. The van der Waals surface area contributed by atoms with Crippen molar-refractivity contribution in [3.8, 4) is 0 Å². The van der Waals surface area contributed by atoms with Crippen molar-refractivity contribution in [2.45, 2.75) is 12.5 Å². The highest BCUT2D eigenvalue weighted by Gasteiger charge is 2.25. The first-order valence-corrected chi connectivity index (χ1v) is 8.36. The third-order valence-corrected chi connectivity index (χ3v) is 4.76. The Morgan fingerprint density at radius 3 is 3.00 bits per heavy atom. The van der Waals surface area contributed by atoms with E-state index in [1.54, 1.807) is 23.6 Å². The molecule has 0 radical (unpaired) electrons. The van der Waals surface area contributed by atoms with Gasteiger partial charge < -0.3 is 15.7 Å². The third-order valence-electron chi connectivity index (χ3n) is 3.91. The number of hydrogen-bond acceptors (Lipinski definition) is 5. The van der Waals surface area contributed by atoms with Crippen LogP contribution in [0.4, 0.5) is 4.39 Å². The van der Waals surface area contributed by atoms with Gasteiger partial charge in [-0.3, -0.25) is 4.79 Å². The van der Waals surface area contributed by atoms with E-state index in [1.165, 1.54) is 17.4 Å². The van der Waals surface area contributed by atoms with Gasteiger partial charge in [-0.15, -0.1) is 11.3 Å². The molecule has 1 amide bonds. The van der Waals surface area contributed by atoms with E-state index < -0.39 is 6.10 Å². The zero-order chi connectivity index (χ0) is 16.2. The molecule has 1 aromatic carbocycles. The molecule has 3 rings (SSSR count). The summed E-state index contributed by atoms with van der Waals surface area (Å²) in [6.45, 7) is 1.66. The van der Waals surface area contributed by atoms with Crippen LogP contribution < -0.4 is 10.6 Å². The summed E-state index contributed by atoms with van der Waals surface area (Å²) < 4.78 is 13.6. The molecule has 122 valence electrons. The molecule has 0 spiro atoms. The molecule has 23 heavy (non-hydrogen) atoms. The fraction of sp³-hybridized carbons (Fsp3) is 0.375. The highest BCUT2D eigenvalue weighted by molar-refractivity contribution is 7.09. The van der Waals surface area contributed by atoms with E-state index in [1.807, 2.05) is 0 Å². The Balaban J connectivity index is 1.58. The fourth-order valence-corrected chi connectivity index (χ4v) is 3.34. The maximum Gasteiger partial charge on any atom is 0.270 e. The van der Waals surface area contributed by atoms with Gasteiger partial charge in [-0.25, -0.2) is 9.37 Å². The van der Waals surface area contributed by atoms with Gasteiger partial charge in [0.1, 0.15) is 11.5 Å². The summed E-state index contributed by atoms with van der Waals surface area (Å²) in [6.07, 6.45) is -0.0575. The van der Waals surface area contributed by atoms with Gasteiger partial charge in [0.2, 0.25) is 0 Å². The summed E-state index contributed by atoms with van der Waals surface area (Å²) in [5.74, 6) is -0.507. The second-order valence-corrected chi connectivity index (χ2v) is 6.53. The maximum absolute atomic E-state index is 13.6. The Bertz CT molecular complexity index is 691. The number of rotatable bonds is 5. The molecule has 1 aliphatic rings. The van der Waals surface area contributed by atoms with Crippen LogP contribution in [0.15, 0.2) is 29.6 Å². The summed E-state index contributed by atoms with van der Waals surface area (Å²) >= 11 is 1.34. The largest absolute Gasteiger partial charge is 0.391 e. The van der Waals surface area contributed by atoms with Crippen LogP contribution in [0.2, 0.25) is 0 Å². The summed E-state index contributed by atoms with van der Waals surface area (Å²) in [6, 6.07) is 6.55. The van der Waals surface area contributed by atoms with E-state index in [4.69, 9.17) is 0 Å². The van der Waals surface area contributed by atoms with E-state index in [0.29, 0.717) is 42.3 Å². The van der Waals surface area contributed by atoms with Crippen LogP contribution in [0.5, 0.6) is 0 Å². The van der Waals surface area contributed by atoms with Crippen molar-refractivity contribution < 1.29 is 14.3 Å². The number of nitrogens with zero attached hydrogens (tertiary/aromatic N) is 1. The Labute approximate surface area is 137 Å². The monoisotopic (exact) mass is 335 g/mol. The van der Waals surface area contributed by atoms with Crippen molar-refractivity contribution in [2.75, 3.05) is 19.6 Å². The molecular formula is C16H18FN3O2S. The second-order valence-electron chi connectivity index (χ2n) is 5.59. The van der Waals surface area contributed by atoms with Gasteiger partial charge in [-0.2, -0.15) is 0 Å². The van der Waals surface area contributed by atoms with Crippen molar-refractivity contribution in [1.29, 1.82) is 0 Å². The average Bonchev–Trinajstić information content (AvgIpc) is 3.16. The van der Waals surface area contributed by atoms with E-state index in [-0.39, 0.29) is 17.6 Å². The van der Waals surface area contributed by atoms with Gasteiger partial charge in [0.05, 0.1) is 11.1 Å². The molecule has 0 saturated carbocycles. The SMILES string of the molecule is O=C(NCC1CNCC1O)c1csc(Cc2ccccc2F)n1. The van der Waals surface area contributed by atoms with Gasteiger partial charge in [0, 0.05) is 37.4 Å². The molecular weight excluding hydrogens is 317 g/mol. The van der Waals surface area contributed by atoms with Crippen LogP contribution in [-0.4, -0.2) is 41.7 Å². The molecule has 0 aliphatic carbocycles. The van der Waals surface area contributed by atoms with Gasteiger partial charge >= 0.3 is 0 Å². The topological polar surface area (TPSA) is 74.2 Å². The zero-order valence-electron chi connectivity index (χ0n) is 12.5. The number of aliphatic hydroxyl groups is 1. The molecule has 1 fully saturated rings. The first kappa shape index (κ1) is 16.0. The molecule has 2 atom stereocenters. The van der Waals surface area contributed by atoms with Crippen LogP contribution in [-0.2, 0) is 6.42 Å². The van der Waals surface area contributed by atoms with Crippen molar-refractivity contribution in [2.24, 2.45) is 5.92 Å². The smallest absolute Gasteiger partial charge is 0.270 e. The van der Waals surface area contributed by atoms with Crippen molar-refractivity contribution in [3.63, 3.8) is 0 Å². The predicted octanol–water partition coefficient (Wildman–Crippen LogP) is 1.18. The Hall–Kier alpha value is -1.83. The molecule has 1 aromatic heterocycles. The molecule has 2 aromatic rings. The summed E-state index contributed by atoms with van der Waals surface area (Å²) in [4.78, 5) is 16.4. The minimum atomic E-state index is -0.428. The number of carbonyl (C=O) groups is 1. The lowest BCUT2D eigenvalue weighted by Crippen LogP contribution is -2.34. The van der Waals surface area contributed by atoms with Crippen LogP contribution in [0.3, 0.4) is 0 Å².